The minimum atomic E-state index is -0.293. The number of aromatic hydroxyl groups is 1. The van der Waals surface area contributed by atoms with Gasteiger partial charge in [-0.1, -0.05) is 103 Å². The average molecular weight is 391 g/mol. The van der Waals surface area contributed by atoms with Crippen LogP contribution in [0.15, 0.2) is 18.3 Å². The molecule has 0 aliphatic heterocycles. The van der Waals surface area contributed by atoms with Crippen molar-refractivity contribution >= 4 is 5.91 Å². The Kier molecular flexibility index (Phi) is 15.3. The van der Waals surface area contributed by atoms with Crippen molar-refractivity contribution in [3.63, 3.8) is 0 Å². The van der Waals surface area contributed by atoms with Crippen LogP contribution < -0.4 is 5.32 Å². The number of hydrogen-bond donors (Lipinski definition) is 2. The number of aromatic nitrogens is 1. The summed E-state index contributed by atoms with van der Waals surface area (Å²) in [5.41, 5.74) is 0.110. The highest BCUT2D eigenvalue weighted by Gasteiger charge is 2.10. The molecule has 4 heteroatoms. The van der Waals surface area contributed by atoms with E-state index in [1.54, 1.807) is 6.07 Å². The molecule has 0 radical (unpaired) electrons. The van der Waals surface area contributed by atoms with Crippen molar-refractivity contribution in [2.75, 3.05) is 6.54 Å². The Morgan fingerprint density at radius 3 is 1.75 bits per heavy atom. The lowest BCUT2D eigenvalue weighted by Gasteiger charge is -2.06. The van der Waals surface area contributed by atoms with Gasteiger partial charge in [0.2, 0.25) is 0 Å². The predicted octanol–water partition coefficient (Wildman–Crippen LogP) is 6.78. The lowest BCUT2D eigenvalue weighted by molar-refractivity contribution is 0.0945. The number of amides is 1. The standard InChI is InChI=1S/C24H42N2O2/c1-2-3-4-5-6-7-8-9-10-11-12-13-14-15-16-17-20-26-24(28)23-22(27)19-18-21-25-23/h18-19,21,27H,2-17,20H2,1H3,(H,26,28). The van der Waals surface area contributed by atoms with Crippen molar-refractivity contribution in [3.05, 3.63) is 24.0 Å². The van der Waals surface area contributed by atoms with Crippen molar-refractivity contribution in [1.29, 1.82) is 0 Å². The lowest BCUT2D eigenvalue weighted by Crippen LogP contribution is -2.25. The lowest BCUT2D eigenvalue weighted by atomic mass is 10.0. The van der Waals surface area contributed by atoms with E-state index in [-0.39, 0.29) is 17.4 Å². The second-order valence-corrected chi connectivity index (χ2v) is 7.93. The first-order valence-corrected chi connectivity index (χ1v) is 11.7. The monoisotopic (exact) mass is 390 g/mol. The normalized spacial score (nSPS) is 10.9. The molecule has 0 fully saturated rings. The van der Waals surface area contributed by atoms with E-state index in [0.717, 1.165) is 12.8 Å². The molecule has 1 aromatic rings. The van der Waals surface area contributed by atoms with E-state index in [9.17, 15) is 9.90 Å². The van der Waals surface area contributed by atoms with Crippen molar-refractivity contribution < 1.29 is 9.90 Å². The van der Waals surface area contributed by atoms with Crippen LogP contribution in [0.4, 0.5) is 0 Å². The quantitative estimate of drug-likeness (QED) is 0.272. The third-order valence-electron chi connectivity index (χ3n) is 5.32. The third-order valence-corrected chi connectivity index (χ3v) is 5.32. The second-order valence-electron chi connectivity index (χ2n) is 7.93. The number of rotatable bonds is 18. The molecule has 160 valence electrons. The van der Waals surface area contributed by atoms with Crippen molar-refractivity contribution in [3.8, 4) is 5.75 Å². The fourth-order valence-electron chi connectivity index (χ4n) is 3.53. The first kappa shape index (κ1) is 24.5. The van der Waals surface area contributed by atoms with Crippen molar-refractivity contribution in [1.82, 2.24) is 10.3 Å². The van der Waals surface area contributed by atoms with Crippen molar-refractivity contribution in [2.45, 2.75) is 110 Å². The van der Waals surface area contributed by atoms with Gasteiger partial charge in [-0.05, 0) is 18.6 Å². The molecule has 1 heterocycles. The molecule has 0 aliphatic carbocycles. The maximum absolute atomic E-state index is 11.9. The summed E-state index contributed by atoms with van der Waals surface area (Å²) in [5.74, 6) is -0.356. The van der Waals surface area contributed by atoms with E-state index in [0.29, 0.717) is 6.54 Å². The van der Waals surface area contributed by atoms with Gasteiger partial charge < -0.3 is 10.4 Å². The first-order chi connectivity index (χ1) is 13.8. The Labute approximate surface area is 172 Å². The van der Waals surface area contributed by atoms with E-state index in [4.69, 9.17) is 0 Å². The maximum Gasteiger partial charge on any atom is 0.273 e. The molecular weight excluding hydrogens is 348 g/mol. The fraction of sp³-hybridized carbons (Fsp3) is 0.750. The topological polar surface area (TPSA) is 62.2 Å². The zero-order chi connectivity index (χ0) is 20.3. The second kappa shape index (κ2) is 17.5. The Bertz CT molecular complexity index is 505. The zero-order valence-corrected chi connectivity index (χ0v) is 18.1. The van der Waals surface area contributed by atoms with Gasteiger partial charge in [0.15, 0.2) is 5.69 Å². The molecule has 0 saturated carbocycles. The Morgan fingerprint density at radius 2 is 1.29 bits per heavy atom. The van der Waals surface area contributed by atoms with Crippen LogP contribution >= 0.6 is 0 Å². The molecule has 1 rings (SSSR count). The van der Waals surface area contributed by atoms with Crippen LogP contribution in [0.3, 0.4) is 0 Å². The highest BCUT2D eigenvalue weighted by molar-refractivity contribution is 5.94. The van der Waals surface area contributed by atoms with Gasteiger partial charge in [0.1, 0.15) is 5.75 Å². The van der Waals surface area contributed by atoms with Gasteiger partial charge in [0.25, 0.3) is 5.91 Å². The molecule has 0 aliphatic rings. The summed E-state index contributed by atoms with van der Waals surface area (Å²) in [6.45, 7) is 2.92. The van der Waals surface area contributed by atoms with Gasteiger partial charge in [0.05, 0.1) is 0 Å². The van der Waals surface area contributed by atoms with Crippen LogP contribution in [0.5, 0.6) is 5.75 Å². The number of hydrogen-bond acceptors (Lipinski definition) is 3. The van der Waals surface area contributed by atoms with Crippen LogP contribution in [0.25, 0.3) is 0 Å². The number of nitrogens with one attached hydrogen (secondary N) is 1. The predicted molar refractivity (Wildman–Crippen MR) is 118 cm³/mol. The van der Waals surface area contributed by atoms with Crippen LogP contribution in [0.1, 0.15) is 120 Å². The molecule has 1 amide bonds. The van der Waals surface area contributed by atoms with Gasteiger partial charge in [-0.2, -0.15) is 0 Å². The Morgan fingerprint density at radius 1 is 0.821 bits per heavy atom. The zero-order valence-electron chi connectivity index (χ0n) is 18.1. The molecule has 0 unspecified atom stereocenters. The molecule has 0 saturated heterocycles. The maximum atomic E-state index is 11.9. The van der Waals surface area contributed by atoms with E-state index >= 15 is 0 Å². The van der Waals surface area contributed by atoms with Crippen LogP contribution in [-0.2, 0) is 0 Å². The van der Waals surface area contributed by atoms with E-state index < -0.39 is 0 Å². The SMILES string of the molecule is CCCCCCCCCCCCCCCCCCNC(=O)c1ncccc1O. The molecular formula is C24H42N2O2. The summed E-state index contributed by atoms with van der Waals surface area (Å²) in [6, 6.07) is 3.10. The smallest absolute Gasteiger partial charge is 0.273 e. The van der Waals surface area contributed by atoms with Gasteiger partial charge >= 0.3 is 0 Å². The molecule has 28 heavy (non-hydrogen) atoms. The highest BCUT2D eigenvalue weighted by atomic mass is 16.3. The Hall–Kier alpha value is -1.58. The fourth-order valence-corrected chi connectivity index (χ4v) is 3.53. The average Bonchev–Trinajstić information content (AvgIpc) is 2.70. The van der Waals surface area contributed by atoms with Gasteiger partial charge in [-0.3, -0.25) is 4.79 Å². The summed E-state index contributed by atoms with van der Waals surface area (Å²) in [6.07, 6.45) is 23.0. The summed E-state index contributed by atoms with van der Waals surface area (Å²) in [7, 11) is 0. The summed E-state index contributed by atoms with van der Waals surface area (Å²) < 4.78 is 0. The number of nitrogens with zero attached hydrogens (tertiary/aromatic N) is 1. The first-order valence-electron chi connectivity index (χ1n) is 11.7. The molecule has 0 aromatic carbocycles. The summed E-state index contributed by atoms with van der Waals surface area (Å²) in [5, 5.41) is 12.4. The van der Waals surface area contributed by atoms with Crippen LogP contribution in [-0.4, -0.2) is 22.5 Å². The largest absolute Gasteiger partial charge is 0.505 e. The van der Waals surface area contributed by atoms with Gasteiger partial charge in [-0.25, -0.2) is 4.98 Å². The molecule has 4 nitrogen and oxygen atoms in total. The third kappa shape index (κ3) is 12.7. The number of unbranched alkanes of at least 4 members (excludes halogenated alkanes) is 15. The number of carbonyl (C=O) groups is 1. The summed E-state index contributed by atoms with van der Waals surface area (Å²) >= 11 is 0. The highest BCUT2D eigenvalue weighted by Crippen LogP contribution is 2.14. The number of carbonyl (C=O) groups excluding carboxylic acids is 1. The van der Waals surface area contributed by atoms with Crippen LogP contribution in [0, 0.1) is 0 Å². The van der Waals surface area contributed by atoms with Gasteiger partial charge in [0, 0.05) is 12.7 Å². The van der Waals surface area contributed by atoms with E-state index in [2.05, 4.69) is 17.2 Å². The minimum absolute atomic E-state index is 0.0630. The van der Waals surface area contributed by atoms with Crippen LogP contribution in [0.2, 0.25) is 0 Å². The molecule has 2 N–H and O–H groups in total. The summed E-state index contributed by atoms with van der Waals surface area (Å²) in [4.78, 5) is 15.8. The molecule has 0 bridgehead atoms. The van der Waals surface area contributed by atoms with E-state index in [1.807, 2.05) is 0 Å². The van der Waals surface area contributed by atoms with Crippen molar-refractivity contribution in [2.24, 2.45) is 0 Å². The Balaban J connectivity index is 1.80. The molecule has 0 atom stereocenters. The van der Waals surface area contributed by atoms with E-state index in [1.165, 1.54) is 102 Å². The minimum Gasteiger partial charge on any atom is -0.505 e. The van der Waals surface area contributed by atoms with Gasteiger partial charge in [-0.15, -0.1) is 0 Å². The number of pyridine rings is 1. The molecule has 1 aromatic heterocycles. The molecule has 0 spiro atoms.